The lowest BCUT2D eigenvalue weighted by Gasteiger charge is -2.40. The number of urea groups is 1. The molecule has 154 valence electrons. The number of benzene rings is 1. The van der Waals surface area contributed by atoms with E-state index in [1.54, 1.807) is 9.80 Å². The van der Waals surface area contributed by atoms with Crippen molar-refractivity contribution in [2.75, 3.05) is 26.2 Å². The van der Waals surface area contributed by atoms with Crippen molar-refractivity contribution < 1.29 is 18.0 Å². The van der Waals surface area contributed by atoms with Crippen LogP contribution in [0.4, 0.5) is 18.0 Å². The topological polar surface area (TPSA) is 73.4 Å². The van der Waals surface area contributed by atoms with Crippen LogP contribution < -0.4 is 5.73 Å². The van der Waals surface area contributed by atoms with Crippen LogP contribution in [0.15, 0.2) is 24.3 Å². The molecule has 9 heteroatoms. The predicted molar refractivity (Wildman–Crippen MR) is 101 cm³/mol. The molecule has 0 aliphatic carbocycles. The Labute approximate surface area is 168 Å². The zero-order valence-corrected chi connectivity index (χ0v) is 16.2. The minimum absolute atomic E-state index is 0. The molecule has 2 amide bonds. The fourth-order valence-corrected chi connectivity index (χ4v) is 3.88. The van der Waals surface area contributed by atoms with Crippen LogP contribution in [0.3, 0.4) is 0 Å². The molecule has 2 unspecified atom stereocenters. The number of hydrogen-bond acceptors (Lipinski definition) is 3. The highest BCUT2D eigenvalue weighted by molar-refractivity contribution is 5.85. The third-order valence-corrected chi connectivity index (χ3v) is 5.41. The van der Waals surface area contributed by atoms with Gasteiger partial charge in [0.25, 0.3) is 0 Å². The zero-order chi connectivity index (χ0) is 19.6. The summed E-state index contributed by atoms with van der Waals surface area (Å²) in [6.45, 7) is 1.98. The van der Waals surface area contributed by atoms with Gasteiger partial charge in [0.05, 0.1) is 11.6 Å². The van der Waals surface area contributed by atoms with Crippen molar-refractivity contribution in [2.24, 2.45) is 11.7 Å². The van der Waals surface area contributed by atoms with Gasteiger partial charge < -0.3 is 15.5 Å². The maximum atomic E-state index is 12.8. The van der Waals surface area contributed by atoms with E-state index >= 15 is 0 Å². The first-order valence-electron chi connectivity index (χ1n) is 9.14. The van der Waals surface area contributed by atoms with Crippen molar-refractivity contribution in [1.82, 2.24) is 9.80 Å². The van der Waals surface area contributed by atoms with Crippen molar-refractivity contribution in [3.05, 3.63) is 35.4 Å². The van der Waals surface area contributed by atoms with E-state index in [2.05, 4.69) is 6.07 Å². The summed E-state index contributed by atoms with van der Waals surface area (Å²) in [6.07, 6.45) is -2.39. The van der Waals surface area contributed by atoms with E-state index < -0.39 is 11.7 Å². The van der Waals surface area contributed by atoms with Gasteiger partial charge in [-0.25, -0.2) is 4.79 Å². The van der Waals surface area contributed by atoms with Crippen LogP contribution in [0.2, 0.25) is 0 Å². The number of carbonyl (C=O) groups is 1. The van der Waals surface area contributed by atoms with Gasteiger partial charge >= 0.3 is 12.2 Å². The molecule has 2 fully saturated rings. The summed E-state index contributed by atoms with van der Waals surface area (Å²) >= 11 is 0. The van der Waals surface area contributed by atoms with Gasteiger partial charge in [0.2, 0.25) is 0 Å². The summed E-state index contributed by atoms with van der Waals surface area (Å²) in [5.41, 5.74) is 6.21. The SMILES string of the molecule is Cl.N#CC1CCN(C(=O)N2CC(N)CC(c3ccc(C(F)(F)F)cc3)C2)CC1. The van der Waals surface area contributed by atoms with Crippen molar-refractivity contribution in [3.8, 4) is 6.07 Å². The van der Waals surface area contributed by atoms with Crippen LogP contribution in [0, 0.1) is 17.2 Å². The van der Waals surface area contributed by atoms with Crippen LogP contribution in [-0.2, 0) is 6.18 Å². The van der Waals surface area contributed by atoms with Crippen LogP contribution in [0.25, 0.3) is 0 Å². The Morgan fingerprint density at radius 3 is 2.25 bits per heavy atom. The van der Waals surface area contributed by atoms with Gasteiger partial charge in [0.1, 0.15) is 0 Å². The summed E-state index contributed by atoms with van der Waals surface area (Å²) in [6, 6.07) is 7.04. The van der Waals surface area contributed by atoms with Gasteiger partial charge in [-0.3, -0.25) is 0 Å². The van der Waals surface area contributed by atoms with E-state index in [-0.39, 0.29) is 36.3 Å². The first-order chi connectivity index (χ1) is 12.8. The molecule has 0 aromatic heterocycles. The van der Waals surface area contributed by atoms with Gasteiger partial charge in [-0.05, 0) is 37.0 Å². The standard InChI is InChI=1S/C19H23F3N4O.ClH/c20-19(21,22)16-3-1-14(2-4-16)15-9-17(24)12-26(11-15)18(27)25-7-5-13(10-23)6-8-25;/h1-4,13,15,17H,5-9,11-12,24H2;1H. The maximum Gasteiger partial charge on any atom is 0.416 e. The highest BCUT2D eigenvalue weighted by Crippen LogP contribution is 2.32. The number of likely N-dealkylation sites (tertiary alicyclic amines) is 2. The number of nitriles is 1. The Kier molecular flexibility index (Phi) is 7.18. The van der Waals surface area contributed by atoms with Gasteiger partial charge in [0.15, 0.2) is 0 Å². The molecule has 1 aromatic rings. The molecule has 2 heterocycles. The first kappa shape index (κ1) is 22.3. The van der Waals surface area contributed by atoms with Gasteiger partial charge in [-0.2, -0.15) is 18.4 Å². The van der Waals surface area contributed by atoms with Crippen molar-refractivity contribution in [2.45, 2.75) is 37.4 Å². The number of hydrogen-bond donors (Lipinski definition) is 1. The smallest absolute Gasteiger partial charge is 0.326 e. The van der Waals surface area contributed by atoms with Crippen molar-refractivity contribution >= 4 is 18.4 Å². The van der Waals surface area contributed by atoms with E-state index in [0.29, 0.717) is 45.4 Å². The normalized spacial score (nSPS) is 23.7. The lowest BCUT2D eigenvalue weighted by Crippen LogP contribution is -2.54. The summed E-state index contributed by atoms with van der Waals surface area (Å²) in [5.74, 6) is -0.0887. The molecular weight excluding hydrogens is 393 g/mol. The zero-order valence-electron chi connectivity index (χ0n) is 15.4. The van der Waals surface area contributed by atoms with Gasteiger partial charge in [-0.15, -0.1) is 12.4 Å². The Bertz CT molecular complexity index is 711. The number of halogens is 4. The summed E-state index contributed by atoms with van der Waals surface area (Å²) in [7, 11) is 0. The number of carbonyl (C=O) groups excluding carboxylic acids is 1. The number of alkyl halides is 3. The molecule has 0 saturated carbocycles. The van der Waals surface area contributed by atoms with E-state index in [9.17, 15) is 18.0 Å². The molecule has 0 spiro atoms. The van der Waals surface area contributed by atoms with Gasteiger partial charge in [0, 0.05) is 44.1 Å². The molecule has 2 N–H and O–H groups in total. The predicted octanol–water partition coefficient (Wildman–Crippen LogP) is 3.60. The summed E-state index contributed by atoms with van der Waals surface area (Å²) < 4.78 is 38.3. The average molecular weight is 417 g/mol. The van der Waals surface area contributed by atoms with E-state index in [1.807, 2.05) is 0 Å². The molecule has 2 aliphatic rings. The number of amides is 2. The molecule has 2 atom stereocenters. The van der Waals surface area contributed by atoms with Crippen molar-refractivity contribution in [1.29, 1.82) is 5.26 Å². The lowest BCUT2D eigenvalue weighted by molar-refractivity contribution is -0.137. The lowest BCUT2D eigenvalue weighted by atomic mass is 9.88. The molecule has 2 aliphatic heterocycles. The fraction of sp³-hybridized carbons (Fsp3) is 0.579. The van der Waals surface area contributed by atoms with Crippen LogP contribution in [0.5, 0.6) is 0 Å². The molecule has 2 saturated heterocycles. The Morgan fingerprint density at radius 2 is 1.71 bits per heavy atom. The third kappa shape index (κ3) is 5.09. The summed E-state index contributed by atoms with van der Waals surface area (Å²) in [4.78, 5) is 16.3. The maximum absolute atomic E-state index is 12.8. The molecule has 0 bridgehead atoms. The average Bonchev–Trinajstić information content (AvgIpc) is 2.66. The third-order valence-electron chi connectivity index (χ3n) is 5.41. The minimum atomic E-state index is -4.36. The van der Waals surface area contributed by atoms with Crippen LogP contribution >= 0.6 is 12.4 Å². The molecule has 3 rings (SSSR count). The quantitative estimate of drug-likeness (QED) is 0.760. The van der Waals surface area contributed by atoms with Gasteiger partial charge in [-0.1, -0.05) is 12.1 Å². The van der Waals surface area contributed by atoms with E-state index in [4.69, 9.17) is 11.0 Å². The Hall–Kier alpha value is -1.98. The fourth-order valence-electron chi connectivity index (χ4n) is 3.88. The second-order valence-electron chi connectivity index (χ2n) is 7.39. The first-order valence-corrected chi connectivity index (χ1v) is 9.14. The summed E-state index contributed by atoms with van der Waals surface area (Å²) in [5, 5.41) is 8.98. The Morgan fingerprint density at radius 1 is 1.11 bits per heavy atom. The second-order valence-corrected chi connectivity index (χ2v) is 7.39. The largest absolute Gasteiger partial charge is 0.416 e. The van der Waals surface area contributed by atoms with Crippen molar-refractivity contribution in [3.63, 3.8) is 0 Å². The molecular formula is C19H24ClF3N4O. The second kappa shape index (κ2) is 9.01. The molecule has 28 heavy (non-hydrogen) atoms. The number of nitrogens with zero attached hydrogens (tertiary/aromatic N) is 3. The number of rotatable bonds is 1. The molecule has 1 aromatic carbocycles. The molecule has 5 nitrogen and oxygen atoms in total. The molecule has 0 radical (unpaired) electrons. The van der Waals surface area contributed by atoms with Crippen LogP contribution in [0.1, 0.15) is 36.3 Å². The Balaban J connectivity index is 0.00000280. The highest BCUT2D eigenvalue weighted by atomic mass is 35.5. The minimum Gasteiger partial charge on any atom is -0.326 e. The number of piperidine rings is 2. The monoisotopic (exact) mass is 416 g/mol. The van der Waals surface area contributed by atoms with E-state index in [1.165, 1.54) is 12.1 Å². The number of nitrogens with two attached hydrogens (primary N) is 1. The highest BCUT2D eigenvalue weighted by Gasteiger charge is 2.34. The van der Waals surface area contributed by atoms with E-state index in [0.717, 1.165) is 17.7 Å². The van der Waals surface area contributed by atoms with Crippen LogP contribution in [-0.4, -0.2) is 48.1 Å².